The Morgan fingerprint density at radius 1 is 1.21 bits per heavy atom. The number of aromatic hydroxyl groups is 1. The molecular weight excluding hydrogens is 250 g/mol. The van der Waals surface area contributed by atoms with Crippen molar-refractivity contribution in [2.75, 3.05) is 0 Å². The Labute approximate surface area is 109 Å². The predicted octanol–water partition coefficient (Wildman–Crippen LogP) is 0.932. The molecule has 0 bridgehead atoms. The summed E-state index contributed by atoms with van der Waals surface area (Å²) in [6, 6.07) is 6.63. The highest BCUT2D eigenvalue weighted by atomic mass is 16.7. The summed E-state index contributed by atoms with van der Waals surface area (Å²) in [6.07, 6.45) is 0.410. The summed E-state index contributed by atoms with van der Waals surface area (Å²) >= 11 is 0. The number of nitrogens with zero attached hydrogens (tertiary/aromatic N) is 1. The molecule has 0 saturated carbocycles. The topological polar surface area (TPSA) is 83.9 Å². The molecule has 0 spiro atoms. The minimum Gasteiger partial charge on any atom is -0.508 e. The molecule has 19 heavy (non-hydrogen) atoms. The number of phenolic OH excluding ortho intramolecular Hbond substituents is 1. The van der Waals surface area contributed by atoms with Crippen molar-refractivity contribution in [2.45, 2.75) is 25.7 Å². The van der Waals surface area contributed by atoms with E-state index in [-0.39, 0.29) is 31.4 Å². The molecule has 1 fully saturated rings. The van der Waals surface area contributed by atoms with Gasteiger partial charge in [-0.05, 0) is 18.1 Å². The van der Waals surface area contributed by atoms with Gasteiger partial charge >= 0.3 is 5.97 Å². The van der Waals surface area contributed by atoms with Gasteiger partial charge in [0.15, 0.2) is 0 Å². The second-order valence-electron chi connectivity index (χ2n) is 4.17. The third-order valence-corrected chi connectivity index (χ3v) is 2.79. The summed E-state index contributed by atoms with van der Waals surface area (Å²) in [7, 11) is 0. The third-order valence-electron chi connectivity index (χ3n) is 2.79. The first kappa shape index (κ1) is 13.1. The zero-order valence-electron chi connectivity index (χ0n) is 10.2. The molecular formula is C13H13NO5. The van der Waals surface area contributed by atoms with Crippen LogP contribution in [0.2, 0.25) is 0 Å². The number of para-hydroxylation sites is 1. The van der Waals surface area contributed by atoms with Crippen LogP contribution in [0.3, 0.4) is 0 Å². The van der Waals surface area contributed by atoms with Gasteiger partial charge in [-0.15, -0.1) is 5.06 Å². The molecule has 1 heterocycles. The van der Waals surface area contributed by atoms with Gasteiger partial charge < -0.3 is 9.94 Å². The number of benzene rings is 1. The molecule has 1 aromatic carbocycles. The maximum absolute atomic E-state index is 11.5. The molecule has 6 heteroatoms. The number of rotatable bonds is 4. The molecule has 1 aromatic rings. The lowest BCUT2D eigenvalue weighted by Crippen LogP contribution is -2.32. The Morgan fingerprint density at radius 2 is 1.84 bits per heavy atom. The summed E-state index contributed by atoms with van der Waals surface area (Å²) < 4.78 is 0. The van der Waals surface area contributed by atoms with E-state index in [4.69, 9.17) is 4.84 Å². The van der Waals surface area contributed by atoms with Crippen LogP contribution in [-0.4, -0.2) is 28.0 Å². The number of hydrogen-bond acceptors (Lipinski definition) is 5. The van der Waals surface area contributed by atoms with Crippen LogP contribution < -0.4 is 0 Å². The molecule has 2 rings (SSSR count). The second-order valence-corrected chi connectivity index (χ2v) is 4.17. The summed E-state index contributed by atoms with van der Waals surface area (Å²) in [5, 5.41) is 10.0. The van der Waals surface area contributed by atoms with Gasteiger partial charge in [0.2, 0.25) is 0 Å². The lowest BCUT2D eigenvalue weighted by molar-refractivity contribution is -0.197. The Kier molecular flexibility index (Phi) is 3.79. The number of carbonyl (C=O) groups excluding carboxylic acids is 3. The quantitative estimate of drug-likeness (QED) is 0.817. The van der Waals surface area contributed by atoms with Crippen LogP contribution in [-0.2, 0) is 25.6 Å². The average Bonchev–Trinajstić information content (AvgIpc) is 2.70. The minimum absolute atomic E-state index is 0.0192. The van der Waals surface area contributed by atoms with Crippen molar-refractivity contribution in [2.24, 2.45) is 0 Å². The van der Waals surface area contributed by atoms with E-state index in [1.807, 2.05) is 0 Å². The van der Waals surface area contributed by atoms with Gasteiger partial charge in [-0.2, -0.15) is 0 Å². The van der Waals surface area contributed by atoms with E-state index in [2.05, 4.69) is 0 Å². The molecule has 1 aliphatic rings. The summed E-state index contributed by atoms with van der Waals surface area (Å²) in [4.78, 5) is 38.7. The zero-order chi connectivity index (χ0) is 13.8. The molecule has 6 nitrogen and oxygen atoms in total. The third kappa shape index (κ3) is 3.09. The number of hydroxylamine groups is 2. The number of carbonyl (C=O) groups is 3. The van der Waals surface area contributed by atoms with Crippen molar-refractivity contribution in [1.29, 1.82) is 0 Å². The Morgan fingerprint density at radius 3 is 2.47 bits per heavy atom. The van der Waals surface area contributed by atoms with Crippen LogP contribution in [0.15, 0.2) is 24.3 Å². The molecule has 1 aliphatic heterocycles. The first-order chi connectivity index (χ1) is 9.08. The first-order valence-corrected chi connectivity index (χ1v) is 5.91. The van der Waals surface area contributed by atoms with Crippen LogP contribution in [0, 0.1) is 0 Å². The zero-order valence-corrected chi connectivity index (χ0v) is 10.2. The van der Waals surface area contributed by atoms with Gasteiger partial charge in [0, 0.05) is 12.8 Å². The summed E-state index contributed by atoms with van der Waals surface area (Å²) in [5.41, 5.74) is 0.610. The van der Waals surface area contributed by atoms with Crippen molar-refractivity contribution in [3.05, 3.63) is 29.8 Å². The van der Waals surface area contributed by atoms with Gasteiger partial charge in [-0.25, -0.2) is 4.79 Å². The van der Waals surface area contributed by atoms with E-state index in [0.29, 0.717) is 10.6 Å². The summed E-state index contributed by atoms with van der Waals surface area (Å²) in [5.74, 6) is -1.57. The number of amides is 2. The van der Waals surface area contributed by atoms with Crippen LogP contribution >= 0.6 is 0 Å². The lowest BCUT2D eigenvalue weighted by Gasteiger charge is -2.12. The number of hydrogen-bond donors (Lipinski definition) is 1. The maximum atomic E-state index is 11.5. The van der Waals surface area contributed by atoms with Crippen LogP contribution in [0.25, 0.3) is 0 Å². The van der Waals surface area contributed by atoms with Crippen molar-refractivity contribution >= 4 is 17.8 Å². The van der Waals surface area contributed by atoms with E-state index in [1.165, 1.54) is 6.07 Å². The predicted molar refractivity (Wildman–Crippen MR) is 63.6 cm³/mol. The SMILES string of the molecule is O=C(CCc1ccccc1O)ON1C(=O)CCC1=O. The fraction of sp³-hybridized carbons (Fsp3) is 0.308. The normalized spacial score (nSPS) is 14.8. The van der Waals surface area contributed by atoms with Gasteiger partial charge in [0.25, 0.3) is 11.8 Å². The number of imide groups is 1. The van der Waals surface area contributed by atoms with E-state index in [0.717, 1.165) is 0 Å². The average molecular weight is 263 g/mol. The molecule has 1 saturated heterocycles. The first-order valence-electron chi connectivity index (χ1n) is 5.91. The van der Waals surface area contributed by atoms with Gasteiger partial charge in [-0.1, -0.05) is 18.2 Å². The van der Waals surface area contributed by atoms with Gasteiger partial charge in [0.1, 0.15) is 5.75 Å². The second kappa shape index (κ2) is 5.51. The molecule has 0 unspecified atom stereocenters. The highest BCUT2D eigenvalue weighted by Crippen LogP contribution is 2.18. The summed E-state index contributed by atoms with van der Waals surface area (Å²) in [6.45, 7) is 0. The monoisotopic (exact) mass is 263 g/mol. The van der Waals surface area contributed by atoms with Gasteiger partial charge in [-0.3, -0.25) is 9.59 Å². The Bertz CT molecular complexity index is 510. The van der Waals surface area contributed by atoms with E-state index >= 15 is 0 Å². The fourth-order valence-corrected chi connectivity index (χ4v) is 1.76. The van der Waals surface area contributed by atoms with E-state index in [9.17, 15) is 19.5 Å². The molecule has 100 valence electrons. The number of aryl methyl sites for hydroxylation is 1. The van der Waals surface area contributed by atoms with Crippen molar-refractivity contribution in [3.63, 3.8) is 0 Å². The molecule has 0 aliphatic carbocycles. The molecule has 0 aromatic heterocycles. The maximum Gasteiger partial charge on any atom is 0.333 e. The smallest absolute Gasteiger partial charge is 0.333 e. The van der Waals surface area contributed by atoms with Crippen molar-refractivity contribution in [3.8, 4) is 5.75 Å². The van der Waals surface area contributed by atoms with E-state index in [1.54, 1.807) is 18.2 Å². The van der Waals surface area contributed by atoms with Crippen LogP contribution in [0.5, 0.6) is 5.75 Å². The van der Waals surface area contributed by atoms with Gasteiger partial charge in [0.05, 0.1) is 6.42 Å². The molecule has 0 radical (unpaired) electrons. The number of phenols is 1. The highest BCUT2D eigenvalue weighted by molar-refractivity contribution is 6.01. The Hall–Kier alpha value is -2.37. The van der Waals surface area contributed by atoms with Crippen molar-refractivity contribution in [1.82, 2.24) is 5.06 Å². The minimum atomic E-state index is -0.674. The van der Waals surface area contributed by atoms with Crippen LogP contribution in [0.4, 0.5) is 0 Å². The highest BCUT2D eigenvalue weighted by Gasteiger charge is 2.32. The lowest BCUT2D eigenvalue weighted by atomic mass is 10.1. The fourth-order valence-electron chi connectivity index (χ4n) is 1.76. The van der Waals surface area contributed by atoms with E-state index < -0.39 is 17.8 Å². The molecule has 2 amide bonds. The molecule has 1 N–H and O–H groups in total. The Balaban J connectivity index is 1.87. The van der Waals surface area contributed by atoms with Crippen molar-refractivity contribution < 1.29 is 24.3 Å². The van der Waals surface area contributed by atoms with Crippen LogP contribution in [0.1, 0.15) is 24.8 Å². The largest absolute Gasteiger partial charge is 0.508 e. The molecule has 0 atom stereocenters. The standard InChI is InChI=1S/C13H13NO5/c15-10-4-2-1-3-9(10)5-8-13(18)19-14-11(16)6-7-12(14)17/h1-4,15H,5-8H2.